The second-order valence-corrected chi connectivity index (χ2v) is 25.9. The Hall–Kier alpha value is -10.4. The zero-order valence-electron chi connectivity index (χ0n) is 61.3. The van der Waals surface area contributed by atoms with E-state index >= 15 is 0 Å². The maximum absolute atomic E-state index is 13.5. The van der Waals surface area contributed by atoms with E-state index in [4.69, 9.17) is 109 Å². The van der Waals surface area contributed by atoms with Crippen molar-refractivity contribution in [2.75, 3.05) is 71.5 Å². The van der Waals surface area contributed by atoms with E-state index in [-0.39, 0.29) is 111 Å². The summed E-state index contributed by atoms with van der Waals surface area (Å²) in [6.45, 7) is 9.22. The molecule has 574 valence electrons. The van der Waals surface area contributed by atoms with E-state index < -0.39 is 4.92 Å². The molecule has 0 bridgehead atoms. The summed E-state index contributed by atoms with van der Waals surface area (Å²) in [6, 6.07) is 31.1. The Morgan fingerprint density at radius 2 is 0.807 bits per heavy atom. The zero-order valence-corrected chi connectivity index (χ0v) is 67.3. The molecular weight excluding hydrogens is 1620 g/mol. The molecule has 6 heterocycles. The van der Waals surface area contributed by atoms with E-state index in [0.717, 1.165) is 40.6 Å². The quantitative estimate of drug-likeness (QED) is 0.0125. The van der Waals surface area contributed by atoms with Gasteiger partial charge in [0.05, 0.1) is 122 Å². The predicted octanol–water partition coefficient (Wildman–Crippen LogP) is 18.0. The minimum Gasteiger partial charge on any atom is -0.495 e. The summed E-state index contributed by atoms with van der Waals surface area (Å²) in [5.74, 6) is 3.33. The van der Waals surface area contributed by atoms with Gasteiger partial charge in [-0.1, -0.05) is 119 Å². The van der Waals surface area contributed by atoms with Crippen molar-refractivity contribution in [1.82, 2.24) is 28.7 Å². The van der Waals surface area contributed by atoms with Crippen molar-refractivity contribution in [3.8, 4) is 67.9 Å². The van der Waals surface area contributed by atoms with Crippen LogP contribution < -0.4 is 66.8 Å². The Bertz CT molecular complexity index is 5630. The number of rotatable bonds is 19. The van der Waals surface area contributed by atoms with Gasteiger partial charge in [0.15, 0.2) is 5.78 Å². The fourth-order valence-corrected chi connectivity index (χ4v) is 13.8. The van der Waals surface area contributed by atoms with Crippen LogP contribution in [0.3, 0.4) is 0 Å². The van der Waals surface area contributed by atoms with E-state index in [1.807, 2.05) is 50.2 Å². The molecule has 6 N–H and O–H groups in total. The SMILES string of the molecule is C=CC(=O)Cc1cccc(C)c1Nc1cc2c(cn1)cc(-c1c(Cl)c(OC)cc(OC)c1Cl)c(=O)n2C.CO.COc1cc(OC)c(Cl)c(-c2cc3cnc(Nc4c(C)cccc4N)cc3n(C)c2=O)c1Cl.COc1cc(OC)c(Cl)c(-c2cc3cnc(Nc4c(C)cccc4[N+](=O)[O-])cc3n(C)c2=O)c1Cl.[CH3-].[HH].[Pd]. The van der Waals surface area contributed by atoms with Gasteiger partial charge in [0, 0.05) is 156 Å². The van der Waals surface area contributed by atoms with Gasteiger partial charge >= 0.3 is 0 Å². The number of hydrogen-bond donors (Lipinski definition) is 5. The fourth-order valence-electron chi connectivity index (χ4n) is 11.7. The number of carbonyl (C=O) groups excluding carboxylic acids is 1. The number of fused-ring (bicyclic) bond motifs is 3. The van der Waals surface area contributed by atoms with Crippen LogP contribution in [0.2, 0.25) is 30.1 Å². The number of nitro benzene ring substituents is 1. The van der Waals surface area contributed by atoms with Crippen LogP contribution in [-0.4, -0.2) is 94.2 Å². The largest absolute Gasteiger partial charge is 0.495 e. The molecule has 12 aromatic rings. The van der Waals surface area contributed by atoms with Gasteiger partial charge in [-0.15, -0.1) is 0 Å². The Kier molecular flexibility index (Phi) is 29.2. The summed E-state index contributed by atoms with van der Waals surface area (Å²) in [4.78, 5) is 76.7. The van der Waals surface area contributed by atoms with Crippen LogP contribution >= 0.6 is 69.6 Å². The zero-order chi connectivity index (χ0) is 78.2. The number of aryl methyl sites for hydroxylation is 6. The summed E-state index contributed by atoms with van der Waals surface area (Å²) in [6.07, 6.45) is 6.42. The van der Waals surface area contributed by atoms with Crippen molar-refractivity contribution in [1.29, 1.82) is 0 Å². The number of methoxy groups -OCH3 is 6. The van der Waals surface area contributed by atoms with Gasteiger partial charge in [0.2, 0.25) is 0 Å². The fraction of sp³-hybridized carbons (Fsp3) is 0.179. The summed E-state index contributed by atoms with van der Waals surface area (Å²) in [7, 11) is 14.8. The van der Waals surface area contributed by atoms with Crippen molar-refractivity contribution in [2.45, 2.75) is 27.2 Å². The second-order valence-electron chi connectivity index (χ2n) is 23.6. The van der Waals surface area contributed by atoms with Gasteiger partial charge in [0.25, 0.3) is 22.4 Å². The number of nitrogens with two attached hydrogens (primary N) is 1. The number of nitro groups is 1. The molecule has 0 saturated heterocycles. The number of nitrogen functional groups attached to an aromatic ring is 1. The molecule has 24 nitrogen and oxygen atoms in total. The van der Waals surface area contributed by atoms with Crippen LogP contribution in [0.1, 0.15) is 23.7 Å². The standard InChI is InChI=1S/C28H25Cl2N3O4.C24H20Cl2N4O5.C24H22Cl2N4O3.CH4O.CH3.Pd.H2/c1-6-18(34)10-16-9-7-8-15(2)27(16)32-23-12-20-17(14-31-23)11-19(28(35)33(20)3)24-25(29)21(36-4)13-22(37-5)26(24)30;1-12-6-5-7-15(30(32)33)23(12)28-19-9-16-13(11-27-19)8-14(24(31)29(16)2)20-21(25)17(34-3)10-18(35-4)22(20)26;1-12-6-5-7-15(27)23(12)29-19-9-16-13(11-28-19)8-14(24(31)30(16)2)20-21(25)17(32-3)10-18(33-4)22(20)26;1-2;;;/h6-9,11-14H,1,10H2,2-5H3,(H,31,32);5-11H,1-4H3,(H,27,28);5-11H,27H2,1-4H3,(H,28,29);2H,1H3;1H3;;1H/q;;;;-1;;. The molecule has 12 rings (SSSR count). The third-order valence-electron chi connectivity index (χ3n) is 17.3. The van der Waals surface area contributed by atoms with E-state index in [9.17, 15) is 29.3 Å². The first-order valence-electron chi connectivity index (χ1n) is 32.0. The number of nitrogens with one attached hydrogen (secondary N) is 3. The number of aliphatic hydroxyl groups excluding tert-OH is 1. The smallest absolute Gasteiger partial charge is 0.292 e. The van der Waals surface area contributed by atoms with Crippen molar-refractivity contribution < 1.29 is 65.1 Å². The summed E-state index contributed by atoms with van der Waals surface area (Å²) in [5.41, 5.74) is 14.7. The first kappa shape index (κ1) is 85.8. The molecule has 0 radical (unpaired) electrons. The number of ketones is 1. The normalized spacial score (nSPS) is 10.6. The minimum atomic E-state index is -0.464. The molecule has 0 aliphatic heterocycles. The van der Waals surface area contributed by atoms with E-state index in [1.165, 1.54) is 68.5 Å². The molecule has 0 saturated carbocycles. The van der Waals surface area contributed by atoms with Gasteiger partial charge in [-0.25, -0.2) is 15.0 Å². The number of halogens is 6. The van der Waals surface area contributed by atoms with E-state index in [2.05, 4.69) is 37.5 Å². The number of benzene rings is 6. The van der Waals surface area contributed by atoms with Crippen LogP contribution in [0, 0.1) is 38.3 Å². The maximum atomic E-state index is 13.5. The number of allylic oxidation sites excluding steroid dienone is 1. The number of hydrogen-bond acceptors (Lipinski definition) is 20. The second kappa shape index (κ2) is 37.1. The molecule has 109 heavy (non-hydrogen) atoms. The van der Waals surface area contributed by atoms with Gasteiger partial charge in [0.1, 0.15) is 57.6 Å². The topological polar surface area (TPSA) is 303 Å². The number of pyridine rings is 6. The minimum absolute atomic E-state index is 0. The van der Waals surface area contributed by atoms with E-state index in [0.29, 0.717) is 113 Å². The van der Waals surface area contributed by atoms with Crippen LogP contribution in [0.4, 0.5) is 45.9 Å². The van der Waals surface area contributed by atoms with Crippen LogP contribution in [0.15, 0.2) is 155 Å². The van der Waals surface area contributed by atoms with Gasteiger partial charge < -0.3 is 76.3 Å². The van der Waals surface area contributed by atoms with Crippen LogP contribution in [-0.2, 0) is 52.8 Å². The average molecular weight is 1690 g/mol. The third-order valence-corrected chi connectivity index (χ3v) is 19.6. The molecular formula is C78H76Cl6N11O13Pd-. The van der Waals surface area contributed by atoms with Gasteiger partial charge in [-0.05, 0) is 73.4 Å². The number of ether oxygens (including phenoxy) is 6. The third kappa shape index (κ3) is 17.7. The number of anilines is 7. The molecule has 31 heteroatoms. The number of nitrogens with zero attached hydrogens (tertiary/aromatic N) is 7. The van der Waals surface area contributed by atoms with E-state index in [1.54, 1.807) is 113 Å². The summed E-state index contributed by atoms with van der Waals surface area (Å²) >= 11 is 39.3. The molecule has 0 spiro atoms. The molecule has 0 aliphatic rings. The van der Waals surface area contributed by atoms with Crippen molar-refractivity contribution >= 4 is 154 Å². The van der Waals surface area contributed by atoms with Gasteiger partial charge in [-0.2, -0.15) is 0 Å². The van der Waals surface area contributed by atoms with Gasteiger partial charge in [-0.3, -0.25) is 29.3 Å². The number of carbonyl (C=O) groups is 1. The summed E-state index contributed by atoms with van der Waals surface area (Å²) < 4.78 is 36.5. The first-order chi connectivity index (χ1) is 51.1. The molecule has 6 aromatic heterocycles. The summed E-state index contributed by atoms with van der Waals surface area (Å²) in [5, 5.41) is 31.3. The molecule has 0 amide bonds. The molecule has 6 aromatic carbocycles. The Labute approximate surface area is 672 Å². The average Bonchev–Trinajstić information content (AvgIpc) is 0.764. The predicted molar refractivity (Wildman–Crippen MR) is 437 cm³/mol. The maximum Gasteiger partial charge on any atom is 0.292 e. The number of aromatic nitrogens is 6. The molecule has 0 atom stereocenters. The Morgan fingerprint density at radius 1 is 0.514 bits per heavy atom. The Morgan fingerprint density at radius 3 is 1.12 bits per heavy atom. The number of aliphatic hydroxyl groups is 1. The Balaban J connectivity index is 0.000000252. The van der Waals surface area contributed by atoms with Crippen molar-refractivity contribution in [3.05, 3.63) is 241 Å². The number of para-hydroxylation sites is 3. The van der Waals surface area contributed by atoms with Crippen molar-refractivity contribution in [3.63, 3.8) is 0 Å². The monoisotopic (exact) mass is 1690 g/mol. The molecule has 0 unspecified atom stereocenters. The van der Waals surface area contributed by atoms with Crippen LogP contribution in [0.25, 0.3) is 66.1 Å². The molecule has 0 fully saturated rings. The molecule has 0 aliphatic carbocycles. The van der Waals surface area contributed by atoms with Crippen LogP contribution in [0.5, 0.6) is 34.5 Å². The van der Waals surface area contributed by atoms with Crippen molar-refractivity contribution in [2.24, 2.45) is 21.1 Å². The first-order valence-corrected chi connectivity index (χ1v) is 34.3.